The Morgan fingerprint density at radius 2 is 1.85 bits per heavy atom. The third kappa shape index (κ3) is 1.14. The molecule has 1 saturated heterocycles. The van der Waals surface area contributed by atoms with Crippen LogP contribution >= 0.6 is 31.9 Å². The van der Waals surface area contributed by atoms with E-state index in [1.54, 1.807) is 0 Å². The molecule has 0 unspecified atom stereocenters. The Bertz CT molecular complexity index is 270. The Morgan fingerprint density at radius 1 is 1.31 bits per heavy atom. The van der Waals surface area contributed by atoms with E-state index in [1.807, 2.05) is 0 Å². The van der Waals surface area contributed by atoms with Crippen molar-refractivity contribution in [2.24, 2.45) is 5.41 Å². The SMILES string of the molecule is C[C@]12C[C@H](Br)[C@@H](Br)C[C@]1(C)C(=O)N2. The van der Waals surface area contributed by atoms with Crippen molar-refractivity contribution in [2.75, 3.05) is 0 Å². The van der Waals surface area contributed by atoms with Gasteiger partial charge in [-0.25, -0.2) is 0 Å². The summed E-state index contributed by atoms with van der Waals surface area (Å²) in [7, 11) is 0. The fourth-order valence-electron chi connectivity index (χ4n) is 2.34. The molecule has 1 N–H and O–H groups in total. The first-order chi connectivity index (χ1) is 5.89. The molecular weight excluding hydrogens is 298 g/mol. The number of carbonyl (C=O) groups excluding carboxylic acids is 1. The number of carbonyl (C=O) groups is 1. The van der Waals surface area contributed by atoms with Crippen LogP contribution in [0.2, 0.25) is 0 Å². The van der Waals surface area contributed by atoms with Crippen LogP contribution < -0.4 is 5.32 Å². The standard InChI is InChI=1S/C9H13Br2NO/c1-8-3-5(10)6(11)4-9(8,2)12-7(8)13/h5-6H,3-4H2,1-2H3,(H,12,13)/t5-,6-,8+,9-/m0/s1. The lowest BCUT2D eigenvalue weighted by Gasteiger charge is -2.60. The largest absolute Gasteiger partial charge is 0.349 e. The summed E-state index contributed by atoms with van der Waals surface area (Å²) in [6.45, 7) is 4.21. The molecule has 2 fully saturated rings. The summed E-state index contributed by atoms with van der Waals surface area (Å²) in [5.41, 5.74) is -0.159. The summed E-state index contributed by atoms with van der Waals surface area (Å²) in [6.07, 6.45) is 1.93. The van der Waals surface area contributed by atoms with Gasteiger partial charge in [-0.05, 0) is 26.7 Å². The maximum atomic E-state index is 11.5. The van der Waals surface area contributed by atoms with Crippen molar-refractivity contribution >= 4 is 37.8 Å². The summed E-state index contributed by atoms with van der Waals surface area (Å²) in [5.74, 6) is 0.207. The molecule has 1 saturated carbocycles. The number of halogens is 2. The van der Waals surface area contributed by atoms with Crippen molar-refractivity contribution in [3.05, 3.63) is 0 Å². The van der Waals surface area contributed by atoms with Crippen molar-refractivity contribution in [1.82, 2.24) is 5.32 Å². The highest BCUT2D eigenvalue weighted by atomic mass is 79.9. The monoisotopic (exact) mass is 309 g/mol. The average Bonchev–Trinajstić information content (AvgIpc) is 2.01. The fourth-order valence-corrected chi connectivity index (χ4v) is 4.01. The van der Waals surface area contributed by atoms with Crippen molar-refractivity contribution in [1.29, 1.82) is 0 Å². The molecular formula is C9H13Br2NO. The van der Waals surface area contributed by atoms with Gasteiger partial charge in [0.25, 0.3) is 0 Å². The van der Waals surface area contributed by atoms with E-state index in [2.05, 4.69) is 51.0 Å². The van der Waals surface area contributed by atoms with Gasteiger partial charge in [-0.15, -0.1) is 0 Å². The van der Waals surface area contributed by atoms with Crippen LogP contribution in [-0.4, -0.2) is 21.1 Å². The number of nitrogens with one attached hydrogen (secondary N) is 1. The number of alkyl halides is 2. The van der Waals surface area contributed by atoms with Gasteiger partial charge in [0.05, 0.1) is 11.0 Å². The first kappa shape index (κ1) is 9.97. The predicted molar refractivity (Wildman–Crippen MR) is 59.3 cm³/mol. The molecule has 2 rings (SSSR count). The van der Waals surface area contributed by atoms with E-state index < -0.39 is 0 Å². The lowest BCUT2D eigenvalue weighted by Crippen LogP contribution is -2.77. The maximum Gasteiger partial charge on any atom is 0.228 e. The van der Waals surface area contributed by atoms with Gasteiger partial charge in [-0.3, -0.25) is 4.79 Å². The smallest absolute Gasteiger partial charge is 0.228 e. The van der Waals surface area contributed by atoms with Gasteiger partial charge < -0.3 is 5.32 Å². The second kappa shape index (κ2) is 2.72. The van der Waals surface area contributed by atoms with E-state index in [0.29, 0.717) is 9.65 Å². The lowest BCUT2D eigenvalue weighted by molar-refractivity contribution is -0.157. The van der Waals surface area contributed by atoms with Crippen LogP contribution in [0.3, 0.4) is 0 Å². The van der Waals surface area contributed by atoms with E-state index in [0.717, 1.165) is 12.8 Å². The zero-order valence-electron chi connectivity index (χ0n) is 7.73. The maximum absolute atomic E-state index is 11.5. The number of β-lactam (4-membered cyclic amide) rings is 1. The molecule has 1 heterocycles. The van der Waals surface area contributed by atoms with Gasteiger partial charge in [0, 0.05) is 9.65 Å². The molecule has 0 aromatic heterocycles. The van der Waals surface area contributed by atoms with E-state index >= 15 is 0 Å². The van der Waals surface area contributed by atoms with Crippen molar-refractivity contribution in [3.63, 3.8) is 0 Å². The first-order valence-corrected chi connectivity index (χ1v) is 6.33. The van der Waals surface area contributed by atoms with Gasteiger partial charge in [0.15, 0.2) is 0 Å². The highest BCUT2D eigenvalue weighted by molar-refractivity contribution is 9.12. The molecule has 2 nitrogen and oxygen atoms in total. The highest BCUT2D eigenvalue weighted by Crippen LogP contribution is 2.53. The van der Waals surface area contributed by atoms with Crippen LogP contribution in [0.5, 0.6) is 0 Å². The average molecular weight is 311 g/mol. The van der Waals surface area contributed by atoms with Crippen LogP contribution in [0.1, 0.15) is 26.7 Å². The van der Waals surface area contributed by atoms with Crippen molar-refractivity contribution in [3.8, 4) is 0 Å². The molecule has 1 amide bonds. The molecule has 74 valence electrons. The summed E-state index contributed by atoms with van der Waals surface area (Å²) in [6, 6.07) is 0. The third-order valence-corrected chi connectivity index (χ3v) is 6.34. The minimum atomic E-state index is -0.161. The lowest BCUT2D eigenvalue weighted by atomic mass is 9.56. The Labute approximate surface area is 95.1 Å². The van der Waals surface area contributed by atoms with Gasteiger partial charge in [-0.2, -0.15) is 0 Å². The second-order valence-electron chi connectivity index (χ2n) is 4.56. The van der Waals surface area contributed by atoms with Crippen LogP contribution in [0.25, 0.3) is 0 Å². The van der Waals surface area contributed by atoms with E-state index in [1.165, 1.54) is 0 Å². The van der Waals surface area contributed by atoms with Crippen LogP contribution in [0, 0.1) is 5.41 Å². The molecule has 0 spiro atoms. The molecule has 1 aliphatic heterocycles. The molecule has 0 radical (unpaired) electrons. The zero-order valence-corrected chi connectivity index (χ0v) is 10.9. The Kier molecular flexibility index (Phi) is 2.09. The van der Waals surface area contributed by atoms with E-state index in [-0.39, 0.29) is 16.9 Å². The molecule has 4 atom stereocenters. The normalized spacial score (nSPS) is 54.9. The zero-order chi connectivity index (χ0) is 9.85. The van der Waals surface area contributed by atoms with Crippen LogP contribution in [-0.2, 0) is 4.79 Å². The Balaban J connectivity index is 2.27. The number of amides is 1. The number of rotatable bonds is 0. The van der Waals surface area contributed by atoms with Gasteiger partial charge >= 0.3 is 0 Å². The van der Waals surface area contributed by atoms with E-state index in [4.69, 9.17) is 0 Å². The van der Waals surface area contributed by atoms with Crippen LogP contribution in [0.4, 0.5) is 0 Å². The van der Waals surface area contributed by atoms with Gasteiger partial charge in [0.1, 0.15) is 0 Å². The molecule has 2 aliphatic rings. The summed E-state index contributed by atoms with van der Waals surface area (Å²) in [5, 5.41) is 3.02. The summed E-state index contributed by atoms with van der Waals surface area (Å²) >= 11 is 7.25. The molecule has 13 heavy (non-hydrogen) atoms. The predicted octanol–water partition coefficient (Wildman–Crippen LogP) is 2.20. The fraction of sp³-hybridized carbons (Fsp3) is 0.889. The molecule has 0 aromatic carbocycles. The number of fused-ring (bicyclic) bond motifs is 1. The Hall–Kier alpha value is 0.430. The Morgan fingerprint density at radius 3 is 2.38 bits per heavy atom. The van der Waals surface area contributed by atoms with E-state index in [9.17, 15) is 4.79 Å². The number of hydrogen-bond acceptors (Lipinski definition) is 1. The molecule has 0 bridgehead atoms. The second-order valence-corrected chi connectivity index (χ2v) is 6.91. The highest BCUT2D eigenvalue weighted by Gasteiger charge is 2.63. The van der Waals surface area contributed by atoms with Crippen molar-refractivity contribution < 1.29 is 4.79 Å². The molecule has 1 aliphatic carbocycles. The molecule has 4 heteroatoms. The van der Waals surface area contributed by atoms with Gasteiger partial charge in [-0.1, -0.05) is 31.9 Å². The van der Waals surface area contributed by atoms with Crippen LogP contribution in [0.15, 0.2) is 0 Å². The minimum absolute atomic E-state index is 0.00250. The topological polar surface area (TPSA) is 29.1 Å². The minimum Gasteiger partial charge on any atom is -0.349 e. The first-order valence-electron chi connectivity index (χ1n) is 4.50. The third-order valence-electron chi connectivity index (χ3n) is 3.71. The van der Waals surface area contributed by atoms with Gasteiger partial charge in [0.2, 0.25) is 5.91 Å². The quantitative estimate of drug-likeness (QED) is 0.539. The summed E-state index contributed by atoms with van der Waals surface area (Å²) < 4.78 is 0. The van der Waals surface area contributed by atoms with Crippen molar-refractivity contribution in [2.45, 2.75) is 41.9 Å². The number of hydrogen-bond donors (Lipinski definition) is 1. The molecule has 0 aromatic rings. The summed E-state index contributed by atoms with van der Waals surface area (Å²) in [4.78, 5) is 12.4.